The molecular weight excluding hydrogens is 316 g/mol. The van der Waals surface area contributed by atoms with Gasteiger partial charge in [-0.2, -0.15) is 5.26 Å². The van der Waals surface area contributed by atoms with Gasteiger partial charge in [0.2, 0.25) is 0 Å². The first-order chi connectivity index (χ1) is 11.8. The summed E-state index contributed by atoms with van der Waals surface area (Å²) in [6, 6.07) is 7.81. The maximum Gasteiger partial charge on any atom is 0.411 e. The van der Waals surface area contributed by atoms with Crippen LogP contribution in [0, 0.1) is 18.3 Å². The summed E-state index contributed by atoms with van der Waals surface area (Å²) in [4.78, 5) is 14.4. The first-order valence-electron chi connectivity index (χ1n) is 8.60. The molecule has 2 heterocycles. The second kappa shape index (κ2) is 6.53. The third-order valence-electron chi connectivity index (χ3n) is 4.52. The predicted octanol–water partition coefficient (Wildman–Crippen LogP) is 3.66. The number of benzene rings is 1. The molecule has 2 bridgehead atoms. The van der Waals surface area contributed by atoms with Crippen LogP contribution in [0.4, 0.5) is 4.79 Å². The largest absolute Gasteiger partial charge is 0.444 e. The number of hydrogen-bond donors (Lipinski definition) is 0. The highest BCUT2D eigenvalue weighted by Crippen LogP contribution is 2.36. The average Bonchev–Trinajstić information content (AvgIpc) is 2.51. The van der Waals surface area contributed by atoms with Crippen molar-refractivity contribution in [1.82, 2.24) is 4.90 Å². The van der Waals surface area contributed by atoms with Gasteiger partial charge < -0.3 is 9.47 Å². The number of hydrogen-bond acceptors (Lipinski definition) is 4. The van der Waals surface area contributed by atoms with E-state index in [1.165, 1.54) is 0 Å². The lowest BCUT2D eigenvalue weighted by atomic mass is 9.86. The fourth-order valence-corrected chi connectivity index (χ4v) is 3.57. The average molecular weight is 340 g/mol. The number of nitrogens with zero attached hydrogens (tertiary/aromatic N) is 2. The Morgan fingerprint density at radius 1 is 1.36 bits per heavy atom. The summed E-state index contributed by atoms with van der Waals surface area (Å²) in [5, 5.41) is 9.46. The van der Waals surface area contributed by atoms with Crippen molar-refractivity contribution < 1.29 is 14.3 Å². The monoisotopic (exact) mass is 340 g/mol. The van der Waals surface area contributed by atoms with E-state index in [9.17, 15) is 10.1 Å². The van der Waals surface area contributed by atoms with Crippen molar-refractivity contribution in [3.8, 4) is 6.07 Å². The molecule has 1 amide bonds. The lowest BCUT2D eigenvalue weighted by molar-refractivity contribution is -0.0510. The summed E-state index contributed by atoms with van der Waals surface area (Å²) < 4.78 is 11.2. The van der Waals surface area contributed by atoms with Gasteiger partial charge in [0.15, 0.2) is 0 Å². The number of carbonyl (C=O) groups excluding carboxylic acids is 1. The van der Waals surface area contributed by atoms with Crippen LogP contribution >= 0.6 is 0 Å². The van der Waals surface area contributed by atoms with Crippen LogP contribution < -0.4 is 0 Å². The molecule has 1 aromatic rings. The standard InChI is InChI=1S/C20H24N2O3/c1-13-6-5-7-14(10-21)18(13)15-8-16-11-24-12-17(9-15)22(16)19(23)25-20(2,3)4/h5-8,16-17H,9,11-12H2,1-4H3. The highest BCUT2D eigenvalue weighted by atomic mass is 16.6. The molecule has 0 aliphatic carbocycles. The van der Waals surface area contributed by atoms with Gasteiger partial charge in [0.25, 0.3) is 0 Å². The van der Waals surface area contributed by atoms with Gasteiger partial charge in [-0.15, -0.1) is 0 Å². The molecule has 132 valence electrons. The molecule has 25 heavy (non-hydrogen) atoms. The van der Waals surface area contributed by atoms with Gasteiger partial charge in [0.1, 0.15) is 5.60 Å². The molecule has 0 saturated carbocycles. The van der Waals surface area contributed by atoms with Crippen LogP contribution in [-0.4, -0.2) is 41.9 Å². The summed E-state index contributed by atoms with van der Waals surface area (Å²) in [5.41, 5.74) is 3.34. The molecule has 0 N–H and O–H groups in total. The van der Waals surface area contributed by atoms with Gasteiger partial charge in [-0.1, -0.05) is 18.2 Å². The molecule has 5 nitrogen and oxygen atoms in total. The molecule has 1 fully saturated rings. The van der Waals surface area contributed by atoms with Crippen molar-refractivity contribution in [2.75, 3.05) is 13.2 Å². The number of morpholine rings is 1. The maximum absolute atomic E-state index is 12.6. The van der Waals surface area contributed by atoms with Crippen LogP contribution in [0.2, 0.25) is 0 Å². The molecule has 1 aromatic carbocycles. The van der Waals surface area contributed by atoms with Crippen LogP contribution in [-0.2, 0) is 9.47 Å². The first kappa shape index (κ1) is 17.5. The van der Waals surface area contributed by atoms with Gasteiger partial charge in [-0.3, -0.25) is 4.90 Å². The van der Waals surface area contributed by atoms with Gasteiger partial charge in [-0.05, 0) is 56.9 Å². The van der Waals surface area contributed by atoms with E-state index in [2.05, 4.69) is 12.1 Å². The topological polar surface area (TPSA) is 62.6 Å². The Bertz CT molecular complexity index is 755. The van der Waals surface area contributed by atoms with E-state index in [4.69, 9.17) is 9.47 Å². The summed E-state index contributed by atoms with van der Waals surface area (Å²) >= 11 is 0. The molecule has 0 radical (unpaired) electrons. The first-order valence-corrected chi connectivity index (χ1v) is 8.60. The number of aryl methyl sites for hydroxylation is 1. The van der Waals surface area contributed by atoms with Crippen molar-refractivity contribution in [1.29, 1.82) is 5.26 Å². The van der Waals surface area contributed by atoms with E-state index in [0.717, 1.165) is 16.7 Å². The van der Waals surface area contributed by atoms with Crippen LogP contribution in [0.3, 0.4) is 0 Å². The van der Waals surface area contributed by atoms with Crippen LogP contribution in [0.25, 0.3) is 5.57 Å². The summed E-state index contributed by atoms with van der Waals surface area (Å²) in [7, 11) is 0. The fraction of sp³-hybridized carbons (Fsp3) is 0.500. The van der Waals surface area contributed by atoms with E-state index in [0.29, 0.717) is 25.2 Å². The van der Waals surface area contributed by atoms with Crippen molar-refractivity contribution >= 4 is 11.7 Å². The molecule has 2 atom stereocenters. The zero-order valence-electron chi connectivity index (χ0n) is 15.2. The Kier molecular flexibility index (Phi) is 4.57. The Balaban J connectivity index is 1.95. The molecule has 2 aliphatic heterocycles. The normalized spacial score (nSPS) is 22.8. The van der Waals surface area contributed by atoms with Crippen molar-refractivity contribution in [2.24, 2.45) is 0 Å². The Labute approximate surface area is 148 Å². The molecule has 2 unspecified atom stereocenters. The highest BCUT2D eigenvalue weighted by molar-refractivity contribution is 5.78. The second-order valence-corrected chi connectivity index (χ2v) is 7.65. The second-order valence-electron chi connectivity index (χ2n) is 7.65. The van der Waals surface area contributed by atoms with E-state index in [1.54, 1.807) is 4.90 Å². The zero-order chi connectivity index (χ0) is 18.2. The fourth-order valence-electron chi connectivity index (χ4n) is 3.57. The lowest BCUT2D eigenvalue weighted by Gasteiger charge is -2.44. The number of ether oxygens (including phenoxy) is 2. The van der Waals surface area contributed by atoms with Gasteiger partial charge in [-0.25, -0.2) is 4.79 Å². The number of fused-ring (bicyclic) bond motifs is 2. The van der Waals surface area contributed by atoms with Crippen LogP contribution in [0.15, 0.2) is 24.3 Å². The Morgan fingerprint density at radius 2 is 2.12 bits per heavy atom. The summed E-state index contributed by atoms with van der Waals surface area (Å²) in [6.45, 7) is 8.57. The highest BCUT2D eigenvalue weighted by Gasteiger charge is 2.40. The molecule has 2 aliphatic rings. The van der Waals surface area contributed by atoms with Crippen LogP contribution in [0.5, 0.6) is 0 Å². The molecule has 0 aromatic heterocycles. The van der Waals surface area contributed by atoms with E-state index in [-0.39, 0.29) is 18.2 Å². The van der Waals surface area contributed by atoms with Gasteiger partial charge in [0.05, 0.1) is 36.9 Å². The Hall–Kier alpha value is -2.32. The number of amides is 1. The Morgan fingerprint density at radius 3 is 2.76 bits per heavy atom. The minimum atomic E-state index is -0.528. The third kappa shape index (κ3) is 3.54. The molecule has 1 saturated heterocycles. The smallest absolute Gasteiger partial charge is 0.411 e. The van der Waals surface area contributed by atoms with Gasteiger partial charge in [0, 0.05) is 0 Å². The minimum absolute atomic E-state index is 0.0697. The maximum atomic E-state index is 12.6. The van der Waals surface area contributed by atoms with Crippen LogP contribution in [0.1, 0.15) is 43.9 Å². The quantitative estimate of drug-likeness (QED) is 0.783. The van der Waals surface area contributed by atoms with Crippen molar-refractivity contribution in [3.05, 3.63) is 41.0 Å². The lowest BCUT2D eigenvalue weighted by Crippen LogP contribution is -2.57. The third-order valence-corrected chi connectivity index (χ3v) is 4.52. The minimum Gasteiger partial charge on any atom is -0.444 e. The molecule has 5 heteroatoms. The van der Waals surface area contributed by atoms with Gasteiger partial charge >= 0.3 is 6.09 Å². The molecule has 0 spiro atoms. The summed E-state index contributed by atoms with van der Waals surface area (Å²) in [5.74, 6) is 0. The molecule has 3 rings (SSSR count). The van der Waals surface area contributed by atoms with E-state index >= 15 is 0 Å². The molecular formula is C20H24N2O3. The number of nitriles is 1. The van der Waals surface area contributed by atoms with E-state index < -0.39 is 5.60 Å². The number of rotatable bonds is 1. The predicted molar refractivity (Wildman–Crippen MR) is 95.0 cm³/mol. The zero-order valence-corrected chi connectivity index (χ0v) is 15.2. The SMILES string of the molecule is Cc1cccc(C#N)c1C1=CC2COCC(C1)N2C(=O)OC(C)(C)C. The summed E-state index contributed by atoms with van der Waals surface area (Å²) in [6.07, 6.45) is 2.42. The number of carbonyl (C=O) groups is 1. The van der Waals surface area contributed by atoms with Crippen molar-refractivity contribution in [2.45, 2.75) is 51.8 Å². The van der Waals surface area contributed by atoms with Crippen molar-refractivity contribution in [3.63, 3.8) is 0 Å². The van der Waals surface area contributed by atoms with E-state index in [1.807, 2.05) is 45.9 Å².